The van der Waals surface area contributed by atoms with E-state index in [2.05, 4.69) is 20.8 Å². The van der Waals surface area contributed by atoms with Gasteiger partial charge in [-0.1, -0.05) is 27.2 Å². The highest BCUT2D eigenvalue weighted by Gasteiger charge is 2.52. The third kappa shape index (κ3) is 2.99. The molecular weight excluding hydrogens is 218 g/mol. The standard InChI is InChI=1S/C13H23NO3/c1-12(2,3)8-9-14(4)10(15)13(11(16)17)6-5-7-13/h5-9H2,1-4H3,(H,16,17). The minimum Gasteiger partial charge on any atom is -0.480 e. The number of rotatable bonds is 4. The second-order valence-electron chi connectivity index (χ2n) is 6.28. The van der Waals surface area contributed by atoms with Gasteiger partial charge in [-0.2, -0.15) is 0 Å². The van der Waals surface area contributed by atoms with Crippen molar-refractivity contribution in [2.24, 2.45) is 10.8 Å². The number of hydrogen-bond acceptors (Lipinski definition) is 2. The lowest BCUT2D eigenvalue weighted by molar-refractivity contribution is -0.166. The molecule has 0 aromatic rings. The molecule has 1 amide bonds. The number of carbonyl (C=O) groups is 2. The maximum Gasteiger partial charge on any atom is 0.319 e. The van der Waals surface area contributed by atoms with Gasteiger partial charge in [0.2, 0.25) is 5.91 Å². The van der Waals surface area contributed by atoms with E-state index in [1.165, 1.54) is 0 Å². The largest absolute Gasteiger partial charge is 0.480 e. The van der Waals surface area contributed by atoms with E-state index in [0.29, 0.717) is 19.4 Å². The van der Waals surface area contributed by atoms with Crippen molar-refractivity contribution in [2.45, 2.75) is 46.5 Å². The molecule has 4 nitrogen and oxygen atoms in total. The van der Waals surface area contributed by atoms with Gasteiger partial charge in [-0.25, -0.2) is 0 Å². The minimum atomic E-state index is -1.12. The molecule has 1 aliphatic rings. The Balaban J connectivity index is 2.60. The zero-order valence-corrected chi connectivity index (χ0v) is 11.2. The zero-order chi connectivity index (χ0) is 13.3. The first kappa shape index (κ1) is 14.0. The lowest BCUT2D eigenvalue weighted by Gasteiger charge is -2.39. The zero-order valence-electron chi connectivity index (χ0n) is 11.2. The summed E-state index contributed by atoms with van der Waals surface area (Å²) in [6.07, 6.45) is 2.69. The first-order valence-electron chi connectivity index (χ1n) is 6.18. The van der Waals surface area contributed by atoms with Crippen LogP contribution in [0, 0.1) is 10.8 Å². The predicted molar refractivity (Wildman–Crippen MR) is 65.6 cm³/mol. The molecule has 1 fully saturated rings. The van der Waals surface area contributed by atoms with Gasteiger partial charge in [0.05, 0.1) is 0 Å². The molecule has 0 aromatic heterocycles. The molecule has 0 bridgehead atoms. The summed E-state index contributed by atoms with van der Waals surface area (Å²) < 4.78 is 0. The number of carboxylic acid groups (broad SMARTS) is 1. The van der Waals surface area contributed by atoms with Crippen molar-refractivity contribution in [3.63, 3.8) is 0 Å². The van der Waals surface area contributed by atoms with Crippen LogP contribution in [0.3, 0.4) is 0 Å². The van der Waals surface area contributed by atoms with E-state index in [0.717, 1.165) is 12.8 Å². The van der Waals surface area contributed by atoms with Crippen molar-refractivity contribution in [3.05, 3.63) is 0 Å². The molecule has 0 unspecified atom stereocenters. The van der Waals surface area contributed by atoms with E-state index in [1.807, 2.05) is 0 Å². The number of carboxylic acids is 1. The summed E-state index contributed by atoms with van der Waals surface area (Å²) in [6.45, 7) is 6.96. The number of carbonyl (C=O) groups excluding carboxylic acids is 1. The van der Waals surface area contributed by atoms with Crippen LogP contribution in [0.5, 0.6) is 0 Å². The van der Waals surface area contributed by atoms with E-state index < -0.39 is 11.4 Å². The summed E-state index contributed by atoms with van der Waals surface area (Å²) in [6, 6.07) is 0. The summed E-state index contributed by atoms with van der Waals surface area (Å²) in [5.74, 6) is -1.18. The number of nitrogens with zero attached hydrogens (tertiary/aromatic N) is 1. The fourth-order valence-corrected chi connectivity index (χ4v) is 2.02. The van der Waals surface area contributed by atoms with Gasteiger partial charge in [-0.3, -0.25) is 9.59 Å². The molecule has 0 radical (unpaired) electrons. The lowest BCUT2D eigenvalue weighted by atomic mass is 9.67. The third-order valence-electron chi connectivity index (χ3n) is 3.57. The lowest BCUT2D eigenvalue weighted by Crippen LogP contribution is -2.51. The van der Waals surface area contributed by atoms with E-state index in [1.54, 1.807) is 11.9 Å². The molecule has 4 heteroatoms. The summed E-state index contributed by atoms with van der Waals surface area (Å²) in [7, 11) is 1.71. The molecule has 0 aliphatic heterocycles. The van der Waals surface area contributed by atoms with Gasteiger partial charge in [0.1, 0.15) is 5.41 Å². The van der Waals surface area contributed by atoms with Crippen molar-refractivity contribution < 1.29 is 14.7 Å². The second kappa shape index (κ2) is 4.67. The van der Waals surface area contributed by atoms with E-state index >= 15 is 0 Å². The van der Waals surface area contributed by atoms with E-state index in [-0.39, 0.29) is 11.3 Å². The molecule has 1 saturated carbocycles. The Labute approximate surface area is 103 Å². The van der Waals surface area contributed by atoms with Crippen LogP contribution < -0.4 is 0 Å². The first-order valence-corrected chi connectivity index (χ1v) is 6.18. The van der Waals surface area contributed by atoms with Crippen LogP contribution in [0.4, 0.5) is 0 Å². The number of hydrogen-bond donors (Lipinski definition) is 1. The number of amides is 1. The van der Waals surface area contributed by atoms with Crippen molar-refractivity contribution in [3.8, 4) is 0 Å². The van der Waals surface area contributed by atoms with Gasteiger partial charge in [0, 0.05) is 13.6 Å². The second-order valence-corrected chi connectivity index (χ2v) is 6.28. The van der Waals surface area contributed by atoms with Crippen molar-refractivity contribution in [1.29, 1.82) is 0 Å². The Hall–Kier alpha value is -1.06. The molecule has 1 aliphatic carbocycles. The molecule has 0 spiro atoms. The van der Waals surface area contributed by atoms with Gasteiger partial charge in [0.25, 0.3) is 0 Å². The Bertz CT molecular complexity index is 313. The van der Waals surface area contributed by atoms with Gasteiger partial charge < -0.3 is 10.0 Å². The molecule has 98 valence electrons. The highest BCUT2D eigenvalue weighted by molar-refractivity contribution is 6.02. The molecule has 0 aromatic carbocycles. The molecule has 1 N–H and O–H groups in total. The SMILES string of the molecule is CN(CCC(C)(C)C)C(=O)C1(C(=O)O)CCC1. The maximum atomic E-state index is 12.2. The molecule has 0 heterocycles. The monoisotopic (exact) mass is 241 g/mol. The van der Waals surface area contributed by atoms with Gasteiger partial charge in [0.15, 0.2) is 0 Å². The van der Waals surface area contributed by atoms with Gasteiger partial charge in [-0.15, -0.1) is 0 Å². The van der Waals surface area contributed by atoms with E-state index in [9.17, 15) is 14.7 Å². The van der Waals surface area contributed by atoms with Crippen LogP contribution in [0.2, 0.25) is 0 Å². The van der Waals surface area contributed by atoms with Crippen LogP contribution >= 0.6 is 0 Å². The molecule has 1 rings (SSSR count). The first-order chi connectivity index (χ1) is 7.69. The van der Waals surface area contributed by atoms with Gasteiger partial charge in [-0.05, 0) is 24.7 Å². The van der Waals surface area contributed by atoms with Crippen LogP contribution in [0.15, 0.2) is 0 Å². The quantitative estimate of drug-likeness (QED) is 0.767. The average Bonchev–Trinajstić information content (AvgIpc) is 2.10. The average molecular weight is 241 g/mol. The van der Waals surface area contributed by atoms with Crippen LogP contribution in [-0.4, -0.2) is 35.5 Å². The summed E-state index contributed by atoms with van der Waals surface area (Å²) >= 11 is 0. The van der Waals surface area contributed by atoms with Crippen LogP contribution in [0.1, 0.15) is 46.5 Å². The van der Waals surface area contributed by atoms with Crippen molar-refractivity contribution >= 4 is 11.9 Å². The predicted octanol–water partition coefficient (Wildman–Crippen LogP) is 2.14. The fraction of sp³-hybridized carbons (Fsp3) is 0.846. The maximum absolute atomic E-state index is 12.2. The highest BCUT2D eigenvalue weighted by Crippen LogP contribution is 2.42. The summed E-state index contributed by atoms with van der Waals surface area (Å²) in [5.41, 5.74) is -0.961. The molecular formula is C13H23NO3. The highest BCUT2D eigenvalue weighted by atomic mass is 16.4. The Morgan fingerprint density at radius 1 is 1.29 bits per heavy atom. The van der Waals surface area contributed by atoms with E-state index in [4.69, 9.17) is 0 Å². The Kier molecular flexibility index (Phi) is 3.84. The van der Waals surface area contributed by atoms with Gasteiger partial charge >= 0.3 is 5.97 Å². The smallest absolute Gasteiger partial charge is 0.319 e. The van der Waals surface area contributed by atoms with Crippen LogP contribution in [0.25, 0.3) is 0 Å². The minimum absolute atomic E-state index is 0.157. The number of aliphatic carboxylic acids is 1. The normalized spacial score (nSPS) is 18.4. The van der Waals surface area contributed by atoms with Crippen molar-refractivity contribution in [2.75, 3.05) is 13.6 Å². The molecule has 0 atom stereocenters. The third-order valence-corrected chi connectivity index (χ3v) is 3.57. The fourth-order valence-electron chi connectivity index (χ4n) is 2.02. The van der Waals surface area contributed by atoms with Crippen molar-refractivity contribution in [1.82, 2.24) is 4.90 Å². The Morgan fingerprint density at radius 2 is 1.82 bits per heavy atom. The van der Waals surface area contributed by atoms with Crippen LogP contribution in [-0.2, 0) is 9.59 Å². The summed E-state index contributed by atoms with van der Waals surface area (Å²) in [5, 5.41) is 9.18. The molecule has 17 heavy (non-hydrogen) atoms. The Morgan fingerprint density at radius 3 is 2.12 bits per heavy atom. The topological polar surface area (TPSA) is 57.6 Å². The summed E-state index contributed by atoms with van der Waals surface area (Å²) in [4.78, 5) is 24.9. The molecule has 0 saturated heterocycles.